The van der Waals surface area contributed by atoms with E-state index >= 15 is 0 Å². The van der Waals surface area contributed by atoms with Gasteiger partial charge in [-0.1, -0.05) is 0 Å². The van der Waals surface area contributed by atoms with Crippen LogP contribution in [0.25, 0.3) is 0 Å². The Kier molecular flexibility index (Phi) is 2.43. The Morgan fingerprint density at radius 3 is 2.89 bits per heavy atom. The van der Waals surface area contributed by atoms with Crippen molar-refractivity contribution in [3.8, 4) is 0 Å². The molecule has 1 heterocycles. The summed E-state index contributed by atoms with van der Waals surface area (Å²) in [6, 6.07) is 0. The van der Waals surface area contributed by atoms with Gasteiger partial charge in [0.2, 0.25) is 0 Å². The van der Waals surface area contributed by atoms with Crippen molar-refractivity contribution in [3.63, 3.8) is 0 Å². The number of hydrogen-bond donors (Lipinski definition) is 2. The predicted octanol–water partition coefficient (Wildman–Crippen LogP) is -0.279. The van der Waals surface area contributed by atoms with Gasteiger partial charge in [0.1, 0.15) is 0 Å². The van der Waals surface area contributed by atoms with E-state index in [-0.39, 0.29) is 5.66 Å². The van der Waals surface area contributed by atoms with E-state index in [0.29, 0.717) is 15.1 Å². The van der Waals surface area contributed by atoms with Crippen molar-refractivity contribution >= 4 is 14.6 Å². The summed E-state index contributed by atoms with van der Waals surface area (Å²) in [5.74, 6) is -0.652. The second-order valence-electron chi connectivity index (χ2n) is 2.05. The molecule has 0 aromatic carbocycles. The molecule has 2 atom stereocenters. The smallest absolute Gasteiger partial charge is 0.311 e. The minimum absolute atomic E-state index is 0.112. The van der Waals surface area contributed by atoms with Crippen molar-refractivity contribution in [2.24, 2.45) is 0 Å². The summed E-state index contributed by atoms with van der Waals surface area (Å²) in [4.78, 5) is 10.3. The van der Waals surface area contributed by atoms with Gasteiger partial charge < -0.3 is 10.4 Å². The maximum Gasteiger partial charge on any atom is 0.311 e. The van der Waals surface area contributed by atoms with Crippen molar-refractivity contribution in [2.45, 2.75) is 5.66 Å². The molecule has 1 rings (SSSR count). The summed E-state index contributed by atoms with van der Waals surface area (Å²) in [5, 5.41) is 11.5. The Labute approximate surface area is 55.6 Å². The first kappa shape index (κ1) is 6.97. The van der Waals surface area contributed by atoms with Crippen LogP contribution in [-0.4, -0.2) is 36.0 Å². The van der Waals surface area contributed by atoms with Crippen LogP contribution in [0.3, 0.4) is 0 Å². The van der Waals surface area contributed by atoms with Crippen LogP contribution in [0, 0.1) is 0 Å². The minimum Gasteiger partial charge on any atom is -0.481 e. The molecule has 0 aromatic rings. The lowest BCUT2D eigenvalue weighted by Crippen LogP contribution is -2.36. The zero-order chi connectivity index (χ0) is 6.69. The fourth-order valence-electron chi connectivity index (χ4n) is 0.828. The first-order chi connectivity index (χ1) is 4.30. The van der Waals surface area contributed by atoms with E-state index in [9.17, 15) is 4.79 Å². The zero-order valence-corrected chi connectivity index (χ0v) is 6.05. The maximum atomic E-state index is 10.3. The lowest BCUT2D eigenvalue weighted by atomic mass is 10.4. The molecule has 1 aliphatic rings. The summed E-state index contributed by atoms with van der Waals surface area (Å²) in [6.07, 6.45) is 1.02. The second-order valence-corrected chi connectivity index (χ2v) is 3.65. The highest BCUT2D eigenvalue weighted by Crippen LogP contribution is 2.20. The van der Waals surface area contributed by atoms with Crippen molar-refractivity contribution < 1.29 is 9.90 Å². The molecule has 1 fully saturated rings. The highest BCUT2D eigenvalue weighted by Gasteiger charge is 2.18. The molecular formula is C5H10NO2P. The Hall–Kier alpha value is -0.140. The van der Waals surface area contributed by atoms with Crippen LogP contribution in [-0.2, 0) is 4.79 Å². The number of aliphatic carboxylic acids is 1. The monoisotopic (exact) mass is 147 g/mol. The van der Waals surface area contributed by atoms with Gasteiger partial charge in [0, 0.05) is 6.54 Å². The standard InChI is InChI=1S/C5H10NO2P/c7-5(8)4-3-6-1-2-9-4/h4,6,9H,1-3H2,(H,7,8). The first-order valence-electron chi connectivity index (χ1n) is 2.97. The quantitative estimate of drug-likeness (QED) is 0.501. The van der Waals surface area contributed by atoms with Gasteiger partial charge in [0.05, 0.1) is 5.66 Å². The Balaban J connectivity index is 2.31. The topological polar surface area (TPSA) is 49.3 Å². The average Bonchev–Trinajstić information content (AvgIpc) is 1.90. The van der Waals surface area contributed by atoms with Crippen LogP contribution in [0.5, 0.6) is 0 Å². The van der Waals surface area contributed by atoms with E-state index in [0.717, 1.165) is 12.7 Å². The number of hydrogen-bond acceptors (Lipinski definition) is 2. The van der Waals surface area contributed by atoms with Crippen molar-refractivity contribution in [3.05, 3.63) is 0 Å². The van der Waals surface area contributed by atoms with E-state index in [1.807, 2.05) is 0 Å². The Morgan fingerprint density at radius 1 is 1.78 bits per heavy atom. The largest absolute Gasteiger partial charge is 0.481 e. The fraction of sp³-hybridized carbons (Fsp3) is 0.800. The van der Waals surface area contributed by atoms with Crippen molar-refractivity contribution in [2.75, 3.05) is 19.3 Å². The highest BCUT2D eigenvalue weighted by atomic mass is 31.1. The molecule has 9 heavy (non-hydrogen) atoms. The summed E-state index contributed by atoms with van der Waals surface area (Å²) in [5.41, 5.74) is -0.112. The van der Waals surface area contributed by atoms with Gasteiger partial charge in [0.15, 0.2) is 0 Å². The van der Waals surface area contributed by atoms with Crippen molar-refractivity contribution in [1.82, 2.24) is 5.32 Å². The number of carboxylic acid groups (broad SMARTS) is 1. The SMILES string of the molecule is O=C(O)C1CNCCP1. The highest BCUT2D eigenvalue weighted by molar-refractivity contribution is 7.40. The summed E-state index contributed by atoms with van der Waals surface area (Å²) in [6.45, 7) is 1.65. The third-order valence-corrected chi connectivity index (χ3v) is 2.82. The van der Waals surface area contributed by atoms with E-state index < -0.39 is 5.97 Å². The molecule has 0 aromatic heterocycles. The molecular weight excluding hydrogens is 137 g/mol. The molecule has 0 bridgehead atoms. The Morgan fingerprint density at radius 2 is 2.56 bits per heavy atom. The van der Waals surface area contributed by atoms with Gasteiger partial charge in [-0.15, -0.1) is 8.58 Å². The predicted molar refractivity (Wildman–Crippen MR) is 37.5 cm³/mol. The molecule has 2 N–H and O–H groups in total. The third-order valence-electron chi connectivity index (χ3n) is 1.34. The number of nitrogens with one attached hydrogen (secondary N) is 1. The molecule has 52 valence electrons. The number of carbonyl (C=O) groups is 1. The van der Waals surface area contributed by atoms with Crippen LogP contribution >= 0.6 is 8.58 Å². The summed E-state index contributed by atoms with van der Waals surface area (Å²) >= 11 is 0. The minimum atomic E-state index is -0.652. The molecule has 0 aliphatic carbocycles. The van der Waals surface area contributed by atoms with E-state index in [4.69, 9.17) is 5.11 Å². The molecule has 3 nitrogen and oxygen atoms in total. The van der Waals surface area contributed by atoms with Crippen LogP contribution in [0.1, 0.15) is 0 Å². The maximum absolute atomic E-state index is 10.3. The lowest BCUT2D eigenvalue weighted by molar-refractivity contribution is -0.136. The third kappa shape index (κ3) is 1.92. The molecule has 1 aliphatic heterocycles. The lowest BCUT2D eigenvalue weighted by Gasteiger charge is -2.18. The number of carboxylic acids is 1. The van der Waals surface area contributed by atoms with Gasteiger partial charge in [-0.3, -0.25) is 4.79 Å². The average molecular weight is 147 g/mol. The van der Waals surface area contributed by atoms with E-state index in [2.05, 4.69) is 5.32 Å². The molecule has 1 saturated heterocycles. The second kappa shape index (κ2) is 3.14. The summed E-state index contributed by atoms with van der Waals surface area (Å²) < 4.78 is 0. The van der Waals surface area contributed by atoms with Crippen LogP contribution < -0.4 is 5.32 Å². The van der Waals surface area contributed by atoms with Crippen molar-refractivity contribution in [1.29, 1.82) is 0 Å². The normalized spacial score (nSPS) is 30.4. The number of rotatable bonds is 1. The zero-order valence-electron chi connectivity index (χ0n) is 5.05. The van der Waals surface area contributed by atoms with Gasteiger partial charge in [0.25, 0.3) is 0 Å². The molecule has 0 spiro atoms. The van der Waals surface area contributed by atoms with Gasteiger partial charge in [-0.25, -0.2) is 0 Å². The van der Waals surface area contributed by atoms with Gasteiger partial charge in [-0.2, -0.15) is 0 Å². The molecule has 4 heteroatoms. The van der Waals surface area contributed by atoms with Crippen LogP contribution in [0.15, 0.2) is 0 Å². The first-order valence-corrected chi connectivity index (χ1v) is 4.26. The molecule has 2 unspecified atom stereocenters. The van der Waals surface area contributed by atoms with E-state index in [1.165, 1.54) is 0 Å². The Bertz CT molecular complexity index is 112. The van der Waals surface area contributed by atoms with E-state index in [1.54, 1.807) is 0 Å². The van der Waals surface area contributed by atoms with Crippen LogP contribution in [0.4, 0.5) is 0 Å². The van der Waals surface area contributed by atoms with Gasteiger partial charge >= 0.3 is 5.97 Å². The van der Waals surface area contributed by atoms with Crippen LogP contribution in [0.2, 0.25) is 0 Å². The molecule has 0 saturated carbocycles. The molecule has 0 radical (unpaired) electrons. The van der Waals surface area contributed by atoms with Gasteiger partial charge in [-0.05, 0) is 12.7 Å². The fourth-order valence-corrected chi connectivity index (χ4v) is 1.96. The molecule has 0 amide bonds. The summed E-state index contributed by atoms with van der Waals surface area (Å²) in [7, 11) is 0.611.